The van der Waals surface area contributed by atoms with Crippen LogP contribution in [-0.2, 0) is 10.0 Å². The topological polar surface area (TPSA) is 129 Å². The summed E-state index contributed by atoms with van der Waals surface area (Å²) in [7, 11) is -3.99. The van der Waals surface area contributed by atoms with Crippen molar-refractivity contribution < 1.29 is 23.1 Å². The van der Waals surface area contributed by atoms with E-state index in [0.29, 0.717) is 0 Å². The number of nitrogens with two attached hydrogens (primary N) is 1. The first-order valence-electron chi connectivity index (χ1n) is 6.13. The van der Waals surface area contributed by atoms with Gasteiger partial charge in [0.15, 0.2) is 0 Å². The van der Waals surface area contributed by atoms with Gasteiger partial charge in [0, 0.05) is 5.69 Å². The number of hydrogen-bond donors (Lipinski definition) is 2. The summed E-state index contributed by atoms with van der Waals surface area (Å²) in [6.45, 7) is 0. The molecule has 9 heteroatoms. The molecule has 2 aromatic rings. The largest absolute Gasteiger partial charge is 0.545 e. The van der Waals surface area contributed by atoms with E-state index in [2.05, 4.69) is 5.32 Å². The second kappa shape index (κ2) is 6.37. The molecule has 0 saturated carbocycles. The first-order chi connectivity index (χ1) is 10.7. The Bertz CT molecular complexity index is 896. The maximum absolute atomic E-state index is 12.2. The van der Waals surface area contributed by atoms with Crippen LogP contribution in [0.5, 0.6) is 0 Å². The Morgan fingerprint density at radius 1 is 1.13 bits per heavy atom. The van der Waals surface area contributed by atoms with Crippen molar-refractivity contribution in [2.24, 2.45) is 5.14 Å². The standard InChI is InChI=1S/C14H11ClN2O5S/c15-12-5-4-10(23(16,21)22)7-11(12)13(18)17-9-3-1-2-8(6-9)14(19)20/h1-7H,(H,17,18)(H,19,20)(H2,16,21,22)/p-1. The lowest BCUT2D eigenvalue weighted by atomic mass is 10.1. The lowest BCUT2D eigenvalue weighted by Gasteiger charge is -2.10. The highest BCUT2D eigenvalue weighted by Crippen LogP contribution is 2.21. The van der Waals surface area contributed by atoms with E-state index in [1.807, 2.05) is 0 Å². The normalized spacial score (nSPS) is 11.0. The molecule has 0 saturated heterocycles. The van der Waals surface area contributed by atoms with Gasteiger partial charge in [-0.2, -0.15) is 0 Å². The maximum Gasteiger partial charge on any atom is 0.257 e. The number of anilines is 1. The molecule has 7 nitrogen and oxygen atoms in total. The monoisotopic (exact) mass is 353 g/mol. The summed E-state index contributed by atoms with van der Waals surface area (Å²) in [5, 5.41) is 18.2. The average molecular weight is 354 g/mol. The molecule has 0 aromatic heterocycles. The molecule has 3 N–H and O–H groups in total. The molecule has 2 rings (SSSR count). The van der Waals surface area contributed by atoms with Crippen LogP contribution in [0, 0.1) is 0 Å². The molecular weight excluding hydrogens is 344 g/mol. The van der Waals surface area contributed by atoms with E-state index in [4.69, 9.17) is 16.7 Å². The van der Waals surface area contributed by atoms with Crippen LogP contribution in [0.3, 0.4) is 0 Å². The van der Waals surface area contributed by atoms with E-state index < -0.39 is 21.9 Å². The van der Waals surface area contributed by atoms with Gasteiger partial charge >= 0.3 is 0 Å². The van der Waals surface area contributed by atoms with E-state index in [0.717, 1.165) is 6.07 Å². The molecule has 0 radical (unpaired) electrons. The van der Waals surface area contributed by atoms with Crippen LogP contribution < -0.4 is 15.6 Å². The molecule has 1 amide bonds. The average Bonchev–Trinajstić information content (AvgIpc) is 2.46. The zero-order valence-electron chi connectivity index (χ0n) is 11.4. The van der Waals surface area contributed by atoms with Gasteiger partial charge < -0.3 is 15.2 Å². The molecular formula is C14H10ClN2O5S-. The third-order valence-corrected chi connectivity index (χ3v) is 4.11. The number of carboxylic acid groups (broad SMARTS) is 1. The third-order valence-electron chi connectivity index (χ3n) is 2.87. The van der Waals surface area contributed by atoms with Crippen molar-refractivity contribution in [1.29, 1.82) is 0 Å². The van der Waals surface area contributed by atoms with Crippen molar-refractivity contribution in [3.05, 3.63) is 58.6 Å². The van der Waals surface area contributed by atoms with Crippen molar-refractivity contribution in [3.63, 3.8) is 0 Å². The predicted octanol–water partition coefficient (Wildman–Crippen LogP) is 0.603. The number of carbonyl (C=O) groups is 2. The van der Waals surface area contributed by atoms with Gasteiger partial charge in [-0.05, 0) is 35.9 Å². The number of sulfonamides is 1. The van der Waals surface area contributed by atoms with E-state index in [1.54, 1.807) is 0 Å². The number of carboxylic acids is 1. The maximum atomic E-state index is 12.2. The number of primary sulfonamides is 1. The highest BCUT2D eigenvalue weighted by Gasteiger charge is 2.16. The van der Waals surface area contributed by atoms with Gasteiger partial charge in [-0.25, -0.2) is 13.6 Å². The molecule has 0 fully saturated rings. The molecule has 0 unspecified atom stereocenters. The lowest BCUT2D eigenvalue weighted by molar-refractivity contribution is -0.255. The van der Waals surface area contributed by atoms with Crippen LogP contribution in [0.15, 0.2) is 47.4 Å². The number of amides is 1. The molecule has 0 aliphatic rings. The van der Waals surface area contributed by atoms with Gasteiger partial charge in [-0.15, -0.1) is 0 Å². The minimum absolute atomic E-state index is 0.0194. The molecule has 0 bridgehead atoms. The van der Waals surface area contributed by atoms with E-state index in [-0.39, 0.29) is 26.7 Å². The predicted molar refractivity (Wildman–Crippen MR) is 81.6 cm³/mol. The Morgan fingerprint density at radius 3 is 2.43 bits per heavy atom. The highest BCUT2D eigenvalue weighted by atomic mass is 35.5. The van der Waals surface area contributed by atoms with Gasteiger partial charge in [0.1, 0.15) is 0 Å². The van der Waals surface area contributed by atoms with Crippen LogP contribution in [-0.4, -0.2) is 20.3 Å². The van der Waals surface area contributed by atoms with Crippen molar-refractivity contribution in [1.82, 2.24) is 0 Å². The number of carbonyl (C=O) groups excluding carboxylic acids is 2. The number of halogens is 1. The molecule has 0 spiro atoms. The van der Waals surface area contributed by atoms with Gasteiger partial charge in [-0.1, -0.05) is 23.7 Å². The molecule has 120 valence electrons. The van der Waals surface area contributed by atoms with Gasteiger partial charge in [-0.3, -0.25) is 4.79 Å². The minimum atomic E-state index is -3.99. The highest BCUT2D eigenvalue weighted by molar-refractivity contribution is 7.89. The molecule has 0 atom stereocenters. The Labute approximate surface area is 136 Å². The summed E-state index contributed by atoms with van der Waals surface area (Å²) >= 11 is 5.89. The smallest absolute Gasteiger partial charge is 0.257 e. The first-order valence-corrected chi connectivity index (χ1v) is 8.06. The van der Waals surface area contributed by atoms with Gasteiger partial charge in [0.05, 0.1) is 21.5 Å². The van der Waals surface area contributed by atoms with E-state index in [9.17, 15) is 23.1 Å². The molecule has 0 heterocycles. The number of aromatic carboxylic acids is 1. The van der Waals surface area contributed by atoms with Gasteiger partial charge in [0.25, 0.3) is 5.91 Å². The van der Waals surface area contributed by atoms with Crippen LogP contribution in [0.4, 0.5) is 5.69 Å². The minimum Gasteiger partial charge on any atom is -0.545 e. The fourth-order valence-electron chi connectivity index (χ4n) is 1.78. The number of benzene rings is 2. The molecule has 0 aliphatic carbocycles. The second-order valence-corrected chi connectivity index (χ2v) is 6.48. The van der Waals surface area contributed by atoms with E-state index in [1.165, 1.54) is 36.4 Å². The quantitative estimate of drug-likeness (QED) is 0.831. The fourth-order valence-corrected chi connectivity index (χ4v) is 2.52. The Balaban J connectivity index is 2.34. The van der Waals surface area contributed by atoms with Crippen LogP contribution in [0.2, 0.25) is 5.02 Å². The van der Waals surface area contributed by atoms with Crippen LogP contribution in [0.25, 0.3) is 0 Å². The number of hydrogen-bond acceptors (Lipinski definition) is 5. The SMILES string of the molecule is NS(=O)(=O)c1ccc(Cl)c(C(=O)Nc2cccc(C(=O)[O-])c2)c1. The molecule has 23 heavy (non-hydrogen) atoms. The Hall–Kier alpha value is -2.42. The van der Waals surface area contributed by atoms with Gasteiger partial charge in [0.2, 0.25) is 10.0 Å². The molecule has 2 aromatic carbocycles. The number of nitrogens with one attached hydrogen (secondary N) is 1. The number of rotatable bonds is 4. The third kappa shape index (κ3) is 4.07. The summed E-state index contributed by atoms with van der Waals surface area (Å²) in [4.78, 5) is 22.7. The van der Waals surface area contributed by atoms with Crippen molar-refractivity contribution in [2.45, 2.75) is 4.90 Å². The Kier molecular flexibility index (Phi) is 4.69. The van der Waals surface area contributed by atoms with Crippen molar-refractivity contribution in [3.8, 4) is 0 Å². The summed E-state index contributed by atoms with van der Waals surface area (Å²) in [5.74, 6) is -2.11. The zero-order chi connectivity index (χ0) is 17.2. The fraction of sp³-hybridized carbons (Fsp3) is 0. The van der Waals surface area contributed by atoms with Crippen molar-refractivity contribution >= 4 is 39.2 Å². The summed E-state index contributed by atoms with van der Waals surface area (Å²) in [6, 6.07) is 8.82. The Morgan fingerprint density at radius 2 is 1.83 bits per heavy atom. The summed E-state index contributed by atoms with van der Waals surface area (Å²) in [6.07, 6.45) is 0. The van der Waals surface area contributed by atoms with E-state index >= 15 is 0 Å². The zero-order valence-corrected chi connectivity index (χ0v) is 13.0. The lowest BCUT2D eigenvalue weighted by Crippen LogP contribution is -2.22. The first kappa shape index (κ1) is 16.9. The van der Waals surface area contributed by atoms with Crippen LogP contribution >= 0.6 is 11.6 Å². The van der Waals surface area contributed by atoms with Crippen molar-refractivity contribution in [2.75, 3.05) is 5.32 Å². The second-order valence-electron chi connectivity index (χ2n) is 4.51. The van der Waals surface area contributed by atoms with Crippen LogP contribution in [0.1, 0.15) is 20.7 Å². The summed E-state index contributed by atoms with van der Waals surface area (Å²) in [5.41, 5.74) is -0.0435. The molecule has 0 aliphatic heterocycles. The summed E-state index contributed by atoms with van der Waals surface area (Å²) < 4.78 is 22.7.